The first-order chi connectivity index (χ1) is 14.0. The van der Waals surface area contributed by atoms with Gasteiger partial charge in [-0.25, -0.2) is 19.4 Å². The van der Waals surface area contributed by atoms with Gasteiger partial charge in [-0.2, -0.15) is 0 Å². The molecule has 4 rings (SSSR count). The summed E-state index contributed by atoms with van der Waals surface area (Å²) in [5, 5.41) is 20.6. The van der Waals surface area contributed by atoms with E-state index in [0.29, 0.717) is 24.2 Å². The molecule has 2 bridgehead atoms. The number of alkyl carbamates (subject to hydrolysis) is 1. The number of amides is 1. The Labute approximate surface area is 181 Å². The number of carbonyl (C=O) groups is 1. The van der Waals surface area contributed by atoms with Gasteiger partial charge in [-0.3, -0.25) is 0 Å². The van der Waals surface area contributed by atoms with Crippen LogP contribution in [0.25, 0.3) is 10.8 Å². The predicted molar refractivity (Wildman–Crippen MR) is 114 cm³/mol. The Morgan fingerprint density at radius 2 is 2.03 bits per heavy atom. The number of thiazole rings is 1. The van der Waals surface area contributed by atoms with E-state index in [4.69, 9.17) is 14.8 Å². The van der Waals surface area contributed by atoms with E-state index in [1.54, 1.807) is 6.20 Å². The van der Waals surface area contributed by atoms with Gasteiger partial charge in [0.05, 0.1) is 18.2 Å². The maximum atomic E-state index is 12.3. The predicted octanol–water partition coefficient (Wildman–Crippen LogP) is 3.58. The first-order valence-electron chi connectivity index (χ1n) is 10.5. The zero-order valence-corrected chi connectivity index (χ0v) is 19.1. The van der Waals surface area contributed by atoms with Crippen LogP contribution < -0.4 is 5.32 Å². The minimum atomic E-state index is -0.581. The topological polar surface area (TPSA) is 102 Å². The highest BCUT2D eigenvalue weighted by atomic mass is 32.1. The highest BCUT2D eigenvalue weighted by molar-refractivity contribution is 7.12. The molecule has 2 heterocycles. The molecule has 8 nitrogen and oxygen atoms in total. The van der Waals surface area contributed by atoms with Crippen molar-refractivity contribution in [2.24, 2.45) is 11.8 Å². The van der Waals surface area contributed by atoms with Gasteiger partial charge in [0.2, 0.25) is 5.82 Å². The minimum absolute atomic E-state index is 0.189. The minimum Gasteiger partial charge on any atom is -0.444 e. The van der Waals surface area contributed by atoms with Gasteiger partial charge in [0.1, 0.15) is 11.4 Å². The van der Waals surface area contributed by atoms with E-state index in [1.165, 1.54) is 11.3 Å². The van der Waals surface area contributed by atoms with E-state index in [-0.39, 0.29) is 12.0 Å². The van der Waals surface area contributed by atoms with Crippen LogP contribution in [0.3, 0.4) is 0 Å². The maximum Gasteiger partial charge on any atom is 0.408 e. The van der Waals surface area contributed by atoms with Crippen LogP contribution in [0, 0.1) is 11.8 Å². The van der Waals surface area contributed by atoms with Crippen LogP contribution in [-0.4, -0.2) is 48.2 Å². The lowest BCUT2D eigenvalue weighted by molar-refractivity contribution is 0.0460. The molecule has 164 valence electrons. The third-order valence-electron chi connectivity index (χ3n) is 5.86. The molecule has 0 unspecified atom stereocenters. The third-order valence-corrected chi connectivity index (χ3v) is 6.63. The quantitative estimate of drug-likeness (QED) is 0.747. The molecular weight excluding hydrogens is 402 g/mol. The van der Waals surface area contributed by atoms with E-state index >= 15 is 0 Å². The fourth-order valence-corrected chi connectivity index (χ4v) is 5.29. The van der Waals surface area contributed by atoms with Crippen LogP contribution in [0.2, 0.25) is 0 Å². The summed E-state index contributed by atoms with van der Waals surface area (Å²) < 4.78 is 7.35. The Balaban J connectivity index is 1.58. The average Bonchev–Trinajstić information content (AvgIpc) is 3.34. The van der Waals surface area contributed by atoms with E-state index in [2.05, 4.69) is 10.3 Å². The molecule has 30 heavy (non-hydrogen) atoms. The van der Waals surface area contributed by atoms with Crippen LogP contribution in [-0.2, 0) is 11.3 Å². The van der Waals surface area contributed by atoms with Gasteiger partial charge in [-0.1, -0.05) is 0 Å². The largest absolute Gasteiger partial charge is 0.444 e. The van der Waals surface area contributed by atoms with Gasteiger partial charge >= 0.3 is 6.09 Å². The normalized spacial score (nSPS) is 26.2. The molecule has 2 aromatic rings. The molecule has 0 spiro atoms. The first kappa shape index (κ1) is 21.2. The lowest BCUT2D eigenvalue weighted by Gasteiger charge is -2.30. The van der Waals surface area contributed by atoms with Crippen LogP contribution in [0.5, 0.6) is 0 Å². The zero-order valence-electron chi connectivity index (χ0n) is 18.3. The number of carbonyl (C=O) groups excluding carboxylic acids is 1. The summed E-state index contributed by atoms with van der Waals surface area (Å²) in [7, 11) is 0. The molecule has 2 N–H and O–H groups in total. The number of hydrogen-bond acceptors (Lipinski definition) is 7. The number of fused-ring (bicyclic) bond motifs is 2. The Morgan fingerprint density at radius 1 is 1.27 bits per heavy atom. The summed E-state index contributed by atoms with van der Waals surface area (Å²) in [4.78, 5) is 21.6. The van der Waals surface area contributed by atoms with Gasteiger partial charge < -0.3 is 15.2 Å². The van der Waals surface area contributed by atoms with Crippen molar-refractivity contribution in [2.45, 2.75) is 83.6 Å². The zero-order chi connectivity index (χ0) is 21.7. The molecule has 0 aromatic carbocycles. The molecule has 2 aliphatic carbocycles. The molecule has 2 aromatic heterocycles. The fraction of sp³-hybridized carbons (Fsp3) is 0.714. The fourth-order valence-electron chi connectivity index (χ4n) is 4.72. The SMILES string of the molecule is CC(C)(Cn1nc(-c2nccs2)nc1[C@@H]1C[C@H]2C[C@@H]1C[C@H]2O)NC(=O)OC(C)(C)C. The Bertz CT molecular complexity index is 900. The molecule has 1 amide bonds. The number of rotatable bonds is 5. The highest BCUT2D eigenvalue weighted by Gasteiger charge is 2.47. The highest BCUT2D eigenvalue weighted by Crippen LogP contribution is 2.52. The maximum absolute atomic E-state index is 12.3. The second-order valence-electron chi connectivity index (χ2n) is 10.2. The number of aliphatic hydroxyl groups is 1. The summed E-state index contributed by atoms with van der Waals surface area (Å²) in [6.45, 7) is 9.92. The van der Waals surface area contributed by atoms with E-state index in [0.717, 1.165) is 30.1 Å². The van der Waals surface area contributed by atoms with Crippen molar-refractivity contribution in [3.8, 4) is 10.8 Å². The molecule has 0 radical (unpaired) electrons. The van der Waals surface area contributed by atoms with Crippen molar-refractivity contribution >= 4 is 17.4 Å². The second-order valence-corrected chi connectivity index (χ2v) is 11.1. The number of nitrogens with one attached hydrogen (secondary N) is 1. The summed E-state index contributed by atoms with van der Waals surface area (Å²) in [6, 6.07) is 0. The Morgan fingerprint density at radius 3 is 2.60 bits per heavy atom. The number of hydrogen-bond donors (Lipinski definition) is 2. The first-order valence-corrected chi connectivity index (χ1v) is 11.4. The van der Waals surface area contributed by atoms with Crippen molar-refractivity contribution in [2.75, 3.05) is 0 Å². The van der Waals surface area contributed by atoms with Crippen molar-refractivity contribution in [3.05, 3.63) is 17.4 Å². The van der Waals surface area contributed by atoms with Gasteiger partial charge in [-0.15, -0.1) is 16.4 Å². The second kappa shape index (κ2) is 7.60. The van der Waals surface area contributed by atoms with Crippen LogP contribution >= 0.6 is 11.3 Å². The number of ether oxygens (including phenoxy) is 1. The van der Waals surface area contributed by atoms with Crippen LogP contribution in [0.1, 0.15) is 65.6 Å². The molecule has 0 aliphatic heterocycles. The Hall–Kier alpha value is -2.00. The molecule has 2 saturated carbocycles. The van der Waals surface area contributed by atoms with Crippen molar-refractivity contribution in [1.82, 2.24) is 25.1 Å². The van der Waals surface area contributed by atoms with Gasteiger partial charge in [0.25, 0.3) is 0 Å². The van der Waals surface area contributed by atoms with Gasteiger partial charge in [0.15, 0.2) is 5.01 Å². The molecule has 4 atom stereocenters. The molecule has 2 aliphatic rings. The van der Waals surface area contributed by atoms with E-state index in [1.807, 2.05) is 44.7 Å². The summed E-state index contributed by atoms with van der Waals surface area (Å²) in [6.07, 6.45) is 3.92. The monoisotopic (exact) mass is 433 g/mol. The summed E-state index contributed by atoms with van der Waals surface area (Å²) in [5.74, 6) is 2.60. The lowest BCUT2D eigenvalue weighted by Crippen LogP contribution is -2.48. The number of aromatic nitrogens is 4. The van der Waals surface area contributed by atoms with Crippen LogP contribution in [0.15, 0.2) is 11.6 Å². The summed E-state index contributed by atoms with van der Waals surface area (Å²) in [5.41, 5.74) is -1.14. The van der Waals surface area contributed by atoms with Gasteiger partial charge in [-0.05, 0) is 65.7 Å². The standard InChI is InChI=1S/C21H31N5O3S/c1-20(2,3)29-19(28)24-21(4,5)11-26-17(14-9-13-8-12(14)10-15(13)27)23-16(25-26)18-22-6-7-30-18/h6-7,12-15,27H,8-11H2,1-5H3,(H,24,28)/t12-,13-,14-,15-/m1/s1. The summed E-state index contributed by atoms with van der Waals surface area (Å²) >= 11 is 1.51. The van der Waals surface area contributed by atoms with Gasteiger partial charge in [0, 0.05) is 17.5 Å². The Kier molecular flexibility index (Phi) is 5.38. The molecular formula is C21H31N5O3S. The molecule has 0 saturated heterocycles. The molecule has 9 heteroatoms. The third kappa shape index (κ3) is 4.51. The van der Waals surface area contributed by atoms with Crippen molar-refractivity contribution < 1.29 is 14.6 Å². The van der Waals surface area contributed by atoms with Crippen molar-refractivity contribution in [3.63, 3.8) is 0 Å². The number of nitrogens with zero attached hydrogens (tertiary/aromatic N) is 4. The molecule has 2 fully saturated rings. The number of aliphatic hydroxyl groups excluding tert-OH is 1. The lowest BCUT2D eigenvalue weighted by atomic mass is 9.86. The van der Waals surface area contributed by atoms with Crippen LogP contribution in [0.4, 0.5) is 4.79 Å². The smallest absolute Gasteiger partial charge is 0.408 e. The van der Waals surface area contributed by atoms with E-state index < -0.39 is 17.2 Å². The van der Waals surface area contributed by atoms with Crippen molar-refractivity contribution in [1.29, 1.82) is 0 Å². The van der Waals surface area contributed by atoms with E-state index in [9.17, 15) is 9.90 Å². The average molecular weight is 434 g/mol.